The number of fused-ring (bicyclic) bond motifs is 3. The molecule has 0 spiro atoms. The molecule has 0 aliphatic heterocycles. The van der Waals surface area contributed by atoms with Gasteiger partial charge in [0, 0.05) is 10.9 Å². The summed E-state index contributed by atoms with van der Waals surface area (Å²) < 4.78 is 1.28. The Balaban J connectivity index is 1.46. The second-order valence-corrected chi connectivity index (χ2v) is 7.80. The van der Waals surface area contributed by atoms with Crippen molar-refractivity contribution >= 4 is 33.5 Å². The number of aryl methyl sites for hydroxylation is 2. The van der Waals surface area contributed by atoms with E-state index >= 15 is 0 Å². The van der Waals surface area contributed by atoms with E-state index in [-0.39, 0.29) is 18.1 Å². The maximum absolute atomic E-state index is 12.7. The first kappa shape index (κ1) is 16.3. The molecule has 8 heteroatoms. The lowest BCUT2D eigenvalue weighted by Gasteiger charge is -2.12. The molecule has 2 N–H and O–H groups in total. The summed E-state index contributed by atoms with van der Waals surface area (Å²) in [7, 11) is 0. The molecule has 25 heavy (non-hydrogen) atoms. The molecule has 2 aliphatic carbocycles. The molecule has 2 aliphatic rings. The van der Waals surface area contributed by atoms with Gasteiger partial charge in [-0.3, -0.25) is 19.5 Å². The van der Waals surface area contributed by atoms with Gasteiger partial charge in [-0.1, -0.05) is 12.8 Å². The third kappa shape index (κ3) is 3.18. The third-order valence-electron chi connectivity index (χ3n) is 4.95. The molecular formula is C17H20N4O3S. The molecule has 132 valence electrons. The Bertz CT molecular complexity index is 895. The third-order valence-corrected chi connectivity index (χ3v) is 6.15. The molecule has 0 bridgehead atoms. The highest BCUT2D eigenvalue weighted by atomic mass is 32.1. The number of thiophene rings is 1. The highest BCUT2D eigenvalue weighted by Gasteiger charge is 2.22. The second kappa shape index (κ2) is 6.59. The van der Waals surface area contributed by atoms with E-state index in [0.29, 0.717) is 5.39 Å². The molecule has 1 saturated carbocycles. The quantitative estimate of drug-likeness (QED) is 0.871. The Kier molecular flexibility index (Phi) is 4.29. The van der Waals surface area contributed by atoms with Crippen LogP contribution in [0.4, 0.5) is 4.79 Å². The number of nitrogens with one attached hydrogen (secondary N) is 2. The monoisotopic (exact) mass is 360 g/mol. The number of carbonyl (C=O) groups is 2. The average molecular weight is 360 g/mol. The predicted octanol–water partition coefficient (Wildman–Crippen LogP) is 1.72. The molecule has 0 aromatic carbocycles. The van der Waals surface area contributed by atoms with E-state index in [1.807, 2.05) is 0 Å². The minimum absolute atomic E-state index is 0.141. The number of hydrogen-bond donors (Lipinski definition) is 2. The van der Waals surface area contributed by atoms with Gasteiger partial charge in [0.25, 0.3) is 5.56 Å². The summed E-state index contributed by atoms with van der Waals surface area (Å²) >= 11 is 1.57. The van der Waals surface area contributed by atoms with Crippen molar-refractivity contribution in [3.8, 4) is 0 Å². The largest absolute Gasteiger partial charge is 0.335 e. The lowest BCUT2D eigenvalue weighted by atomic mass is 10.2. The van der Waals surface area contributed by atoms with Crippen LogP contribution in [0.25, 0.3) is 10.2 Å². The van der Waals surface area contributed by atoms with Crippen molar-refractivity contribution in [3.05, 3.63) is 27.1 Å². The zero-order valence-corrected chi connectivity index (χ0v) is 14.7. The van der Waals surface area contributed by atoms with E-state index in [2.05, 4.69) is 15.6 Å². The van der Waals surface area contributed by atoms with Gasteiger partial charge in [-0.15, -0.1) is 11.3 Å². The maximum atomic E-state index is 12.7. The van der Waals surface area contributed by atoms with E-state index in [9.17, 15) is 14.4 Å². The lowest BCUT2D eigenvalue weighted by Crippen LogP contribution is -2.45. The van der Waals surface area contributed by atoms with Crippen molar-refractivity contribution in [3.63, 3.8) is 0 Å². The summed E-state index contributed by atoms with van der Waals surface area (Å²) in [6.07, 6.45) is 8.45. The average Bonchev–Trinajstić information content (AvgIpc) is 3.26. The van der Waals surface area contributed by atoms with Crippen molar-refractivity contribution in [2.24, 2.45) is 0 Å². The zero-order valence-electron chi connectivity index (χ0n) is 13.8. The highest BCUT2D eigenvalue weighted by molar-refractivity contribution is 7.18. The summed E-state index contributed by atoms with van der Waals surface area (Å²) in [6, 6.07) is -0.350. The molecule has 1 fully saturated rings. The molecular weight excluding hydrogens is 340 g/mol. The van der Waals surface area contributed by atoms with Crippen LogP contribution in [-0.4, -0.2) is 27.5 Å². The number of carbonyl (C=O) groups excluding carboxylic acids is 2. The zero-order chi connectivity index (χ0) is 17.4. The molecule has 2 aromatic heterocycles. The molecule has 0 saturated heterocycles. The van der Waals surface area contributed by atoms with Crippen molar-refractivity contribution < 1.29 is 9.59 Å². The van der Waals surface area contributed by atoms with Crippen LogP contribution in [0.1, 0.15) is 42.5 Å². The Hall–Kier alpha value is -2.22. The van der Waals surface area contributed by atoms with Gasteiger partial charge >= 0.3 is 6.03 Å². The fourth-order valence-corrected chi connectivity index (χ4v) is 4.96. The fraction of sp³-hybridized carbons (Fsp3) is 0.529. The van der Waals surface area contributed by atoms with Crippen LogP contribution in [0.15, 0.2) is 11.1 Å². The summed E-state index contributed by atoms with van der Waals surface area (Å²) in [4.78, 5) is 43.0. The van der Waals surface area contributed by atoms with Crippen LogP contribution in [0, 0.1) is 0 Å². The van der Waals surface area contributed by atoms with Gasteiger partial charge < -0.3 is 5.32 Å². The molecule has 0 atom stereocenters. The van der Waals surface area contributed by atoms with Crippen LogP contribution in [0.2, 0.25) is 0 Å². The van der Waals surface area contributed by atoms with Crippen LogP contribution in [0.3, 0.4) is 0 Å². The number of amides is 3. The SMILES string of the molecule is O=C(Cn1cnc2sc3c(c2c1=O)CCC3)NC(=O)NC1CCCC1. The molecule has 0 unspecified atom stereocenters. The first-order valence-electron chi connectivity index (χ1n) is 8.72. The topological polar surface area (TPSA) is 93.1 Å². The number of imide groups is 1. The number of urea groups is 1. The summed E-state index contributed by atoms with van der Waals surface area (Å²) in [6.45, 7) is -0.204. The standard InChI is InChI=1S/C17H20N4O3S/c22-13(20-17(24)19-10-4-1-2-5-10)8-21-9-18-15-14(16(21)23)11-6-3-7-12(11)25-15/h9-10H,1-8H2,(H2,19,20,22,24). The molecule has 4 rings (SSSR count). The predicted molar refractivity (Wildman–Crippen MR) is 94.8 cm³/mol. The van der Waals surface area contributed by atoms with Crippen LogP contribution in [-0.2, 0) is 24.2 Å². The molecule has 7 nitrogen and oxygen atoms in total. The lowest BCUT2D eigenvalue weighted by molar-refractivity contribution is -0.120. The van der Waals surface area contributed by atoms with Crippen molar-refractivity contribution in [2.75, 3.05) is 0 Å². The molecule has 2 aromatic rings. The van der Waals surface area contributed by atoms with Gasteiger partial charge in [-0.05, 0) is 37.7 Å². The maximum Gasteiger partial charge on any atom is 0.321 e. The molecule has 0 radical (unpaired) electrons. The van der Waals surface area contributed by atoms with Crippen molar-refractivity contribution in [1.82, 2.24) is 20.2 Å². The summed E-state index contributed by atoms with van der Waals surface area (Å²) in [5, 5.41) is 5.74. The Morgan fingerprint density at radius 2 is 2.04 bits per heavy atom. The number of rotatable bonds is 3. The Morgan fingerprint density at radius 1 is 1.24 bits per heavy atom. The smallest absolute Gasteiger partial charge is 0.321 e. The molecule has 2 heterocycles. The van der Waals surface area contributed by atoms with Gasteiger partial charge in [0.05, 0.1) is 11.7 Å². The van der Waals surface area contributed by atoms with E-state index in [4.69, 9.17) is 0 Å². The minimum atomic E-state index is -0.509. The van der Waals surface area contributed by atoms with Gasteiger partial charge in [0.15, 0.2) is 0 Å². The summed E-state index contributed by atoms with van der Waals surface area (Å²) in [5.41, 5.74) is 0.891. The van der Waals surface area contributed by atoms with Gasteiger partial charge in [-0.2, -0.15) is 0 Å². The van der Waals surface area contributed by atoms with Crippen LogP contribution in [0.5, 0.6) is 0 Å². The number of nitrogens with zero attached hydrogens (tertiary/aromatic N) is 2. The Labute approximate surface area is 148 Å². The minimum Gasteiger partial charge on any atom is -0.335 e. The molecule has 3 amide bonds. The first-order chi connectivity index (χ1) is 12.1. The van der Waals surface area contributed by atoms with Crippen molar-refractivity contribution in [1.29, 1.82) is 0 Å². The van der Waals surface area contributed by atoms with Crippen LogP contribution < -0.4 is 16.2 Å². The van der Waals surface area contributed by atoms with Gasteiger partial charge in [0.1, 0.15) is 11.4 Å². The van der Waals surface area contributed by atoms with Crippen LogP contribution >= 0.6 is 11.3 Å². The number of aromatic nitrogens is 2. The van der Waals surface area contributed by atoms with Gasteiger partial charge in [-0.25, -0.2) is 9.78 Å². The first-order valence-corrected chi connectivity index (χ1v) is 9.53. The van der Waals surface area contributed by atoms with E-state index in [1.165, 1.54) is 15.8 Å². The Morgan fingerprint density at radius 3 is 2.84 bits per heavy atom. The van der Waals surface area contributed by atoms with E-state index in [1.54, 1.807) is 11.3 Å². The second-order valence-electron chi connectivity index (χ2n) is 6.72. The van der Waals surface area contributed by atoms with Gasteiger partial charge in [0.2, 0.25) is 5.91 Å². The van der Waals surface area contributed by atoms with E-state index in [0.717, 1.165) is 55.3 Å². The normalized spacial score (nSPS) is 17.0. The highest BCUT2D eigenvalue weighted by Crippen LogP contribution is 2.34. The summed E-state index contributed by atoms with van der Waals surface area (Å²) in [5.74, 6) is -0.509. The van der Waals surface area contributed by atoms with Crippen molar-refractivity contribution in [2.45, 2.75) is 57.5 Å². The fourth-order valence-electron chi connectivity index (χ4n) is 3.74. The van der Waals surface area contributed by atoms with E-state index < -0.39 is 11.9 Å². The number of hydrogen-bond acceptors (Lipinski definition) is 5.